The summed E-state index contributed by atoms with van der Waals surface area (Å²) in [5.74, 6) is -3.90. The van der Waals surface area contributed by atoms with Crippen LogP contribution in [0.1, 0.15) is 63.5 Å². The number of ether oxygens (including phenoxy) is 2. The standard InChI is InChI=1S/C22H22Cl2F2N2O4.C2H6/c1-3-32-19(30)9-18(29)28(11-13-10-27-17(24)8-15(13)23)22-20(25)14(12-5-4-6-12)7-16(31-2)21(22)26;1-2/h7-8,10,12H,3-6,9,11H2,1-2H3;1-2H3. The first kappa shape index (κ1) is 27.8. The highest BCUT2D eigenvalue weighted by atomic mass is 35.5. The number of carbonyl (C=O) groups excluding carboxylic acids is 2. The molecule has 186 valence electrons. The minimum Gasteiger partial charge on any atom is -0.494 e. The van der Waals surface area contributed by atoms with Gasteiger partial charge in [0.1, 0.15) is 17.3 Å². The molecule has 2 aromatic rings. The van der Waals surface area contributed by atoms with Gasteiger partial charge in [0.05, 0.1) is 25.3 Å². The maximum atomic E-state index is 15.6. The molecule has 0 atom stereocenters. The number of methoxy groups -OCH3 is 1. The van der Waals surface area contributed by atoms with Crippen LogP contribution in [0, 0.1) is 11.6 Å². The highest BCUT2D eigenvalue weighted by Gasteiger charge is 2.33. The normalized spacial score (nSPS) is 12.8. The molecule has 3 rings (SSSR count). The van der Waals surface area contributed by atoms with Crippen molar-refractivity contribution in [3.05, 3.63) is 51.3 Å². The predicted molar refractivity (Wildman–Crippen MR) is 128 cm³/mol. The maximum Gasteiger partial charge on any atom is 0.315 e. The Labute approximate surface area is 208 Å². The van der Waals surface area contributed by atoms with Gasteiger partial charge in [-0.2, -0.15) is 0 Å². The molecule has 6 nitrogen and oxygen atoms in total. The van der Waals surface area contributed by atoms with E-state index in [1.54, 1.807) is 6.92 Å². The lowest BCUT2D eigenvalue weighted by molar-refractivity contribution is -0.145. The minimum absolute atomic E-state index is 0.0623. The van der Waals surface area contributed by atoms with Crippen LogP contribution in [0.3, 0.4) is 0 Å². The van der Waals surface area contributed by atoms with Gasteiger partial charge in [0.15, 0.2) is 17.4 Å². The predicted octanol–water partition coefficient (Wildman–Crippen LogP) is 6.46. The molecule has 34 heavy (non-hydrogen) atoms. The Hall–Kier alpha value is -2.45. The van der Waals surface area contributed by atoms with E-state index < -0.39 is 35.6 Å². The smallest absolute Gasteiger partial charge is 0.315 e. The Morgan fingerprint density at radius 1 is 1.18 bits per heavy atom. The third-order valence-electron chi connectivity index (χ3n) is 5.33. The van der Waals surface area contributed by atoms with E-state index in [0.717, 1.165) is 24.2 Å². The second-order valence-corrected chi connectivity index (χ2v) is 8.13. The molecule has 0 aliphatic heterocycles. The molecule has 1 aromatic carbocycles. The Morgan fingerprint density at radius 3 is 2.38 bits per heavy atom. The van der Waals surface area contributed by atoms with E-state index in [1.165, 1.54) is 25.4 Å². The zero-order chi connectivity index (χ0) is 25.4. The van der Waals surface area contributed by atoms with Crippen LogP contribution in [0.2, 0.25) is 10.2 Å². The van der Waals surface area contributed by atoms with Crippen LogP contribution in [0.5, 0.6) is 5.75 Å². The second-order valence-electron chi connectivity index (χ2n) is 7.33. The van der Waals surface area contributed by atoms with Crippen LogP contribution in [-0.2, 0) is 20.9 Å². The largest absolute Gasteiger partial charge is 0.494 e. The Kier molecular flexibility index (Phi) is 10.5. The summed E-state index contributed by atoms with van der Waals surface area (Å²) in [6.45, 7) is 5.31. The number of hydrogen-bond donors (Lipinski definition) is 0. The van der Waals surface area contributed by atoms with Crippen molar-refractivity contribution < 1.29 is 27.8 Å². The van der Waals surface area contributed by atoms with Crippen molar-refractivity contribution in [2.24, 2.45) is 0 Å². The Morgan fingerprint density at radius 2 is 1.85 bits per heavy atom. The van der Waals surface area contributed by atoms with E-state index >= 15 is 8.78 Å². The van der Waals surface area contributed by atoms with Crippen molar-refractivity contribution in [1.82, 2.24) is 4.98 Å². The molecule has 1 heterocycles. The fraction of sp³-hybridized carbons (Fsp3) is 0.458. The zero-order valence-electron chi connectivity index (χ0n) is 19.6. The number of esters is 1. The molecule has 0 radical (unpaired) electrons. The lowest BCUT2D eigenvalue weighted by atomic mass is 9.79. The van der Waals surface area contributed by atoms with E-state index in [0.29, 0.717) is 5.56 Å². The van der Waals surface area contributed by atoms with E-state index in [9.17, 15) is 9.59 Å². The summed E-state index contributed by atoms with van der Waals surface area (Å²) in [5.41, 5.74) is -0.0505. The number of pyridine rings is 1. The van der Waals surface area contributed by atoms with Crippen molar-refractivity contribution in [3.63, 3.8) is 0 Å². The van der Waals surface area contributed by atoms with E-state index in [2.05, 4.69) is 4.98 Å². The van der Waals surface area contributed by atoms with Gasteiger partial charge in [-0.15, -0.1) is 0 Å². The van der Waals surface area contributed by atoms with Gasteiger partial charge < -0.3 is 14.4 Å². The molecule has 1 aromatic heterocycles. The molecule has 0 unspecified atom stereocenters. The fourth-order valence-electron chi connectivity index (χ4n) is 3.46. The van der Waals surface area contributed by atoms with Crippen LogP contribution in [-0.4, -0.2) is 30.6 Å². The van der Waals surface area contributed by atoms with Crippen molar-refractivity contribution in [1.29, 1.82) is 0 Å². The van der Waals surface area contributed by atoms with Gasteiger partial charge in [0.2, 0.25) is 5.91 Å². The first-order valence-electron chi connectivity index (χ1n) is 11.1. The quantitative estimate of drug-likeness (QED) is 0.229. The SMILES string of the molecule is CC.CCOC(=O)CC(=O)N(Cc1cnc(Cl)cc1Cl)c1c(F)c(OC)cc(C2CCC2)c1F. The summed E-state index contributed by atoms with van der Waals surface area (Å²) in [6.07, 6.45) is 3.01. The summed E-state index contributed by atoms with van der Waals surface area (Å²) < 4.78 is 40.9. The molecule has 10 heteroatoms. The van der Waals surface area contributed by atoms with Crippen LogP contribution in [0.4, 0.5) is 14.5 Å². The fourth-order valence-corrected chi connectivity index (χ4v) is 3.89. The highest BCUT2D eigenvalue weighted by molar-refractivity contribution is 6.34. The molecule has 1 amide bonds. The first-order chi connectivity index (χ1) is 16.3. The Balaban J connectivity index is 0.00000199. The van der Waals surface area contributed by atoms with Crippen molar-refractivity contribution in [3.8, 4) is 5.75 Å². The van der Waals surface area contributed by atoms with Crippen molar-refractivity contribution >= 4 is 40.8 Å². The summed E-state index contributed by atoms with van der Waals surface area (Å²) >= 11 is 12.0. The summed E-state index contributed by atoms with van der Waals surface area (Å²) in [5, 5.41) is 0.274. The summed E-state index contributed by atoms with van der Waals surface area (Å²) in [4.78, 5) is 29.7. The molecule has 1 fully saturated rings. The van der Waals surface area contributed by atoms with Crippen LogP contribution in [0.15, 0.2) is 18.3 Å². The lowest BCUT2D eigenvalue weighted by Crippen LogP contribution is -2.34. The number of benzene rings is 1. The molecule has 0 N–H and O–H groups in total. The van der Waals surface area contributed by atoms with Gasteiger partial charge in [0, 0.05) is 11.8 Å². The van der Waals surface area contributed by atoms with Gasteiger partial charge in [-0.25, -0.2) is 13.8 Å². The number of halogens is 4. The molecule has 0 spiro atoms. The lowest BCUT2D eigenvalue weighted by Gasteiger charge is -2.30. The van der Waals surface area contributed by atoms with Crippen molar-refractivity contribution in [2.45, 2.75) is 58.9 Å². The van der Waals surface area contributed by atoms with Crippen LogP contribution < -0.4 is 9.64 Å². The van der Waals surface area contributed by atoms with Gasteiger partial charge in [-0.05, 0) is 43.4 Å². The highest BCUT2D eigenvalue weighted by Crippen LogP contribution is 2.44. The van der Waals surface area contributed by atoms with Crippen molar-refractivity contribution in [2.75, 3.05) is 18.6 Å². The molecular weight excluding hydrogens is 489 g/mol. The number of rotatable bonds is 8. The zero-order valence-corrected chi connectivity index (χ0v) is 21.1. The topological polar surface area (TPSA) is 68.7 Å². The monoisotopic (exact) mass is 516 g/mol. The molecular formula is C24H28Cl2F2N2O4. The molecule has 1 aliphatic carbocycles. The Bertz CT molecular complexity index is 1030. The average molecular weight is 517 g/mol. The van der Waals surface area contributed by atoms with Gasteiger partial charge >= 0.3 is 5.97 Å². The van der Waals surface area contributed by atoms with Gasteiger partial charge in [-0.3, -0.25) is 9.59 Å². The van der Waals surface area contributed by atoms with Crippen LogP contribution in [0.25, 0.3) is 0 Å². The third-order valence-corrected chi connectivity index (χ3v) is 5.89. The third kappa shape index (κ3) is 6.36. The van der Waals surface area contributed by atoms with E-state index in [-0.39, 0.29) is 40.6 Å². The van der Waals surface area contributed by atoms with Gasteiger partial charge in [-0.1, -0.05) is 43.5 Å². The molecule has 0 bridgehead atoms. The minimum atomic E-state index is -1.05. The van der Waals surface area contributed by atoms with E-state index in [4.69, 9.17) is 32.7 Å². The number of anilines is 1. The number of nitrogens with zero attached hydrogens (tertiary/aromatic N) is 2. The molecule has 0 saturated heterocycles. The summed E-state index contributed by atoms with van der Waals surface area (Å²) in [6, 6.07) is 2.67. The number of aromatic nitrogens is 1. The number of hydrogen-bond acceptors (Lipinski definition) is 5. The summed E-state index contributed by atoms with van der Waals surface area (Å²) in [7, 11) is 1.26. The average Bonchev–Trinajstić information content (AvgIpc) is 2.76. The number of amides is 1. The second kappa shape index (κ2) is 12.9. The molecule has 1 aliphatic rings. The number of carbonyl (C=O) groups is 2. The van der Waals surface area contributed by atoms with Gasteiger partial charge in [0.25, 0.3) is 0 Å². The molecule has 1 saturated carbocycles. The maximum absolute atomic E-state index is 15.6. The van der Waals surface area contributed by atoms with E-state index in [1.807, 2.05) is 13.8 Å². The first-order valence-corrected chi connectivity index (χ1v) is 11.8. The van der Waals surface area contributed by atoms with Crippen LogP contribution >= 0.6 is 23.2 Å².